The Balaban J connectivity index is -0.0000000787. The number of thiocarbonyl (C=S) groups is 4. The quantitative estimate of drug-likeness (QED) is 0.0399. The number of hydrogen-bond acceptors (Lipinski definition) is 13. The topological polar surface area (TPSA) is 167 Å². The molecule has 0 rings (SSSR count). The molecule has 0 bridgehead atoms. The van der Waals surface area contributed by atoms with Gasteiger partial charge in [-0.15, -0.1) is 12.6 Å². The van der Waals surface area contributed by atoms with Crippen molar-refractivity contribution in [1.29, 1.82) is 0 Å². The molecule has 0 saturated carbocycles. The Kier molecular flexibility index (Phi) is 43.6. The van der Waals surface area contributed by atoms with Crippen molar-refractivity contribution in [2.24, 2.45) is 0 Å². The second kappa shape index (κ2) is 32.7. The summed E-state index contributed by atoms with van der Waals surface area (Å²) in [6, 6.07) is 0. The highest BCUT2D eigenvalue weighted by Gasteiger charge is 2.34. The van der Waals surface area contributed by atoms with Crippen LogP contribution in [0.5, 0.6) is 0 Å². The van der Waals surface area contributed by atoms with Gasteiger partial charge in [-0.05, 0) is 72.4 Å². The normalized spacial score (nSPS) is 9.93. The van der Waals surface area contributed by atoms with E-state index in [4.69, 9.17) is 62.5 Å². The maximum atomic E-state index is 10.8. The first-order chi connectivity index (χ1) is 17.9. The minimum atomic E-state index is -3.89. The lowest BCUT2D eigenvalue weighted by atomic mass is 10.2. The maximum absolute atomic E-state index is 10.8. The van der Waals surface area contributed by atoms with E-state index in [-0.39, 0.29) is 7.21 Å². The molecule has 0 unspecified atom stereocenters. The molecule has 0 aromatic heterocycles. The maximum Gasteiger partial charge on any atom is 1.00 e. The third-order valence-corrected chi connectivity index (χ3v) is 6.07. The molecule has 4 N–H and O–H groups in total. The lowest BCUT2D eigenvalue weighted by Crippen LogP contribution is -2.31. The van der Waals surface area contributed by atoms with Crippen LogP contribution in [0.2, 0.25) is 0 Å². The number of carbonyl (C=O) groups excluding carboxylic acids is 1. The Morgan fingerprint density at radius 3 is 1.50 bits per heavy atom. The molecule has 0 aliphatic rings. The standard InChI is InChI=1S/C9H14O4S3.C4H11NO4S.C3H6O.CHCl3.CH2S2.CS2/c1-8(2,5(10)11)15-7(14)16-9(3,4)6(12)13;1-2-3-4-5-10(7,8)9-6;1-3(2)4;2-1(3)4;2*2-1-3/h1-4H3,(H,10,11)(H,12,13);5-6H,2-4H2,1H3;1-2H3;1H;1H,(H,2,3);/p+1. The number of halogens is 3. The fourth-order valence-corrected chi connectivity index (χ4v) is 5.05. The van der Waals surface area contributed by atoms with Crippen LogP contribution in [0.25, 0.3) is 0 Å². The number of thiol groups is 1. The van der Waals surface area contributed by atoms with E-state index in [1.807, 2.05) is 16.0 Å². The van der Waals surface area contributed by atoms with Gasteiger partial charge in [0, 0.05) is 15.6 Å². The number of carboxylic acids is 2. The molecule has 0 aliphatic heterocycles. The van der Waals surface area contributed by atoms with Gasteiger partial charge < -0.3 is 15.0 Å². The summed E-state index contributed by atoms with van der Waals surface area (Å²) in [4.78, 5) is 31.1. The first-order valence-electron chi connectivity index (χ1n) is 10.1. The van der Waals surface area contributed by atoms with E-state index in [1.54, 1.807) is 0 Å². The van der Waals surface area contributed by atoms with Gasteiger partial charge in [-0.1, -0.05) is 100 Å². The lowest BCUT2D eigenvalue weighted by Gasteiger charge is -2.22. The number of Topliss-reactive ketones (excluding diaryl/α,β-unsaturated/α-hetero) is 1. The SMILES string of the molecule is CC(C)(SC(=S)SC(C)(C)C(=O)O)C(=O)O.CC(C)=O.CCCCNS(=O)(=O)OO.ClC(Cl)Cl.S=C=S.S=CS.[H+]. The second-order valence-electron chi connectivity index (χ2n) is 7.21. The van der Waals surface area contributed by atoms with Crippen LogP contribution < -0.4 is 4.72 Å². The van der Waals surface area contributed by atoms with Crippen molar-refractivity contribution in [1.82, 2.24) is 4.72 Å². The third-order valence-electron chi connectivity index (χ3n) is 2.61. The van der Waals surface area contributed by atoms with E-state index in [2.05, 4.69) is 53.6 Å². The third kappa shape index (κ3) is 54.8. The van der Waals surface area contributed by atoms with Gasteiger partial charge in [0.1, 0.15) is 18.8 Å². The number of alkyl halides is 3. The van der Waals surface area contributed by atoms with Crippen molar-refractivity contribution < 1.29 is 44.0 Å². The Bertz CT molecular complexity index is 839. The van der Waals surface area contributed by atoms with Crippen LogP contribution in [0.15, 0.2) is 0 Å². The van der Waals surface area contributed by atoms with Crippen LogP contribution >= 0.6 is 120 Å². The Labute approximate surface area is 288 Å². The minimum Gasteiger partial charge on any atom is -0.480 e. The summed E-state index contributed by atoms with van der Waals surface area (Å²) >= 11 is 36.9. The highest BCUT2D eigenvalue weighted by Crippen LogP contribution is 2.36. The predicted octanol–water partition coefficient (Wildman–Crippen LogP) is 7.16. The summed E-state index contributed by atoms with van der Waals surface area (Å²) in [6.07, 6.45) is 1.61. The number of nitrogens with one attached hydrogen (secondary N) is 1. The first-order valence-corrected chi connectivity index (χ1v) is 16.6. The molecule has 0 aromatic rings. The van der Waals surface area contributed by atoms with Gasteiger partial charge in [0.2, 0.25) is 0 Å². The van der Waals surface area contributed by atoms with Gasteiger partial charge in [-0.2, -0.15) is 13.1 Å². The Hall–Kier alpha value is 0.760. The first kappa shape index (κ1) is 53.3. The zero-order chi connectivity index (χ0) is 33.8. The molecular formula is C19H35Cl3NO9S8+. The van der Waals surface area contributed by atoms with Crippen molar-refractivity contribution in [3.8, 4) is 0 Å². The zero-order valence-electron chi connectivity index (χ0n) is 23.5. The van der Waals surface area contributed by atoms with Crippen molar-refractivity contribution in [2.75, 3.05) is 6.54 Å². The van der Waals surface area contributed by atoms with Crippen LogP contribution in [0.4, 0.5) is 0 Å². The molecule has 0 atom stereocenters. The van der Waals surface area contributed by atoms with Crippen LogP contribution in [0.1, 0.15) is 62.7 Å². The summed E-state index contributed by atoms with van der Waals surface area (Å²) < 4.78 is 26.4. The largest absolute Gasteiger partial charge is 1.00 e. The number of carbonyl (C=O) groups is 3. The van der Waals surface area contributed by atoms with E-state index in [1.165, 1.54) is 46.2 Å². The molecule has 0 radical (unpaired) electrons. The number of ketones is 1. The molecule has 0 aromatic carbocycles. The van der Waals surface area contributed by atoms with Gasteiger partial charge in [-0.25, -0.2) is 5.26 Å². The number of hydrogen-bond donors (Lipinski definition) is 5. The van der Waals surface area contributed by atoms with Crippen LogP contribution in [0.3, 0.4) is 0 Å². The summed E-state index contributed by atoms with van der Waals surface area (Å²) in [7, 11) is -3.89. The molecule has 0 fully saturated rings. The fourth-order valence-electron chi connectivity index (χ4n) is 0.925. The molecule has 0 aliphatic carbocycles. The zero-order valence-corrected chi connectivity index (χ0v) is 31.4. The van der Waals surface area contributed by atoms with E-state index >= 15 is 0 Å². The van der Waals surface area contributed by atoms with Crippen molar-refractivity contribution in [2.45, 2.75) is 75.1 Å². The molecule has 10 nitrogen and oxygen atoms in total. The average Bonchev–Trinajstić information content (AvgIpc) is 2.73. The van der Waals surface area contributed by atoms with Crippen LogP contribution in [-0.4, -0.2) is 74.5 Å². The second-order valence-corrected chi connectivity index (χ2v) is 16.5. The number of carboxylic acid groups (broad SMARTS) is 2. The number of aliphatic carboxylic acids is 2. The van der Waals surface area contributed by atoms with Crippen molar-refractivity contribution >= 4 is 160 Å². The monoisotopic (exact) mass is 782 g/mol. The van der Waals surface area contributed by atoms with E-state index in [9.17, 15) is 22.8 Å². The molecule has 0 amide bonds. The molecule has 0 saturated heterocycles. The van der Waals surface area contributed by atoms with E-state index in [0.29, 0.717) is 10.1 Å². The van der Waals surface area contributed by atoms with E-state index < -0.39 is 36.0 Å². The van der Waals surface area contributed by atoms with Gasteiger partial charge >= 0.3 is 23.7 Å². The highest BCUT2D eigenvalue weighted by atomic mass is 35.6. The number of thioether (sulfide) groups is 2. The number of rotatable bonds is 9. The lowest BCUT2D eigenvalue weighted by molar-refractivity contribution is -0.139. The fraction of sp³-hybridized carbons (Fsp3) is 0.684. The molecule has 21 heteroatoms. The van der Waals surface area contributed by atoms with Crippen molar-refractivity contribution in [3.63, 3.8) is 0 Å². The minimum absolute atomic E-state index is 0. The summed E-state index contributed by atoms with van der Waals surface area (Å²) in [5.41, 5.74) is 0. The highest BCUT2D eigenvalue weighted by molar-refractivity contribution is 8.48. The molecular weight excluding hydrogens is 749 g/mol. The van der Waals surface area contributed by atoms with E-state index in [0.717, 1.165) is 36.4 Å². The van der Waals surface area contributed by atoms with Gasteiger partial charge in [-0.3, -0.25) is 9.59 Å². The molecule has 238 valence electrons. The van der Waals surface area contributed by atoms with Gasteiger partial charge in [0.05, 0.1) is 0 Å². The van der Waals surface area contributed by atoms with Gasteiger partial charge in [0.25, 0.3) is 0 Å². The smallest absolute Gasteiger partial charge is 0.480 e. The van der Waals surface area contributed by atoms with Crippen molar-refractivity contribution in [3.05, 3.63) is 0 Å². The number of unbranched alkanes of at least 4 members (excludes halogenated alkanes) is 1. The van der Waals surface area contributed by atoms with Crippen LogP contribution in [-0.2, 0) is 29.0 Å². The average molecular weight is 784 g/mol. The summed E-state index contributed by atoms with van der Waals surface area (Å²) in [5, 5.41) is 25.5. The summed E-state index contributed by atoms with van der Waals surface area (Å²) in [5.74, 6) is -1.79. The van der Waals surface area contributed by atoms with Crippen LogP contribution in [0, 0.1) is 0 Å². The molecule has 0 spiro atoms. The molecule has 40 heavy (non-hydrogen) atoms. The Morgan fingerprint density at radius 2 is 1.32 bits per heavy atom. The molecule has 0 heterocycles. The van der Waals surface area contributed by atoms with Gasteiger partial charge in [0.15, 0.2) is 4.30 Å². The predicted molar refractivity (Wildman–Crippen MR) is 188 cm³/mol. The Morgan fingerprint density at radius 1 is 1.07 bits per heavy atom. The summed E-state index contributed by atoms with van der Waals surface area (Å²) in [6.45, 7) is 11.4.